The van der Waals surface area contributed by atoms with Crippen molar-refractivity contribution in [1.29, 1.82) is 0 Å². The van der Waals surface area contributed by atoms with Gasteiger partial charge in [-0.2, -0.15) is 0 Å². The van der Waals surface area contributed by atoms with Gasteiger partial charge in [0.25, 0.3) is 0 Å². The summed E-state index contributed by atoms with van der Waals surface area (Å²) in [5.74, 6) is 1.34. The van der Waals surface area contributed by atoms with E-state index in [0.29, 0.717) is 17.3 Å². The Kier molecular flexibility index (Phi) is 3.36. The van der Waals surface area contributed by atoms with Crippen LogP contribution >= 0.6 is 23.4 Å². The Balaban J connectivity index is 1.78. The Hall–Kier alpha value is -1.65. The smallest absolute Gasteiger partial charge is 0.205 e. The third-order valence-electron chi connectivity index (χ3n) is 2.67. The SMILES string of the molecule is Nc1cccc2oc(CSc3ccc(Cl)cc3)nc12. The summed E-state index contributed by atoms with van der Waals surface area (Å²) in [6, 6.07) is 13.2. The van der Waals surface area contributed by atoms with Crippen molar-refractivity contribution in [3.8, 4) is 0 Å². The van der Waals surface area contributed by atoms with E-state index in [2.05, 4.69) is 4.98 Å². The van der Waals surface area contributed by atoms with Crippen LogP contribution in [0.25, 0.3) is 11.1 Å². The molecule has 0 spiro atoms. The van der Waals surface area contributed by atoms with E-state index < -0.39 is 0 Å². The number of nitrogens with two attached hydrogens (primary N) is 1. The summed E-state index contributed by atoms with van der Waals surface area (Å²) in [5, 5.41) is 0.735. The van der Waals surface area contributed by atoms with Crippen molar-refractivity contribution in [3.05, 3.63) is 53.4 Å². The maximum Gasteiger partial charge on any atom is 0.205 e. The molecule has 3 nitrogen and oxygen atoms in total. The summed E-state index contributed by atoms with van der Waals surface area (Å²) in [7, 11) is 0. The van der Waals surface area contributed by atoms with Gasteiger partial charge in [-0.25, -0.2) is 4.98 Å². The second-order valence-corrected chi connectivity index (χ2v) is 5.53. The molecule has 96 valence electrons. The number of halogens is 1. The Bertz CT molecular complexity index is 709. The van der Waals surface area contributed by atoms with E-state index in [0.717, 1.165) is 21.0 Å². The van der Waals surface area contributed by atoms with Crippen LogP contribution in [0.2, 0.25) is 5.02 Å². The monoisotopic (exact) mass is 290 g/mol. The number of oxazole rings is 1. The second-order valence-electron chi connectivity index (χ2n) is 4.04. The molecule has 0 atom stereocenters. The third kappa shape index (κ3) is 2.69. The van der Waals surface area contributed by atoms with Crippen LogP contribution in [0.5, 0.6) is 0 Å². The molecule has 0 unspecified atom stereocenters. The van der Waals surface area contributed by atoms with Gasteiger partial charge in [0.2, 0.25) is 5.89 Å². The molecule has 3 rings (SSSR count). The van der Waals surface area contributed by atoms with Crippen LogP contribution in [-0.2, 0) is 5.75 Å². The maximum atomic E-state index is 5.85. The molecule has 0 aliphatic heterocycles. The normalized spacial score (nSPS) is 11.0. The van der Waals surface area contributed by atoms with E-state index in [1.54, 1.807) is 11.8 Å². The summed E-state index contributed by atoms with van der Waals surface area (Å²) < 4.78 is 5.66. The number of hydrogen-bond donors (Lipinski definition) is 1. The predicted molar refractivity (Wildman–Crippen MR) is 79.4 cm³/mol. The highest BCUT2D eigenvalue weighted by Gasteiger charge is 2.08. The lowest BCUT2D eigenvalue weighted by molar-refractivity contribution is 0.556. The number of hydrogen-bond acceptors (Lipinski definition) is 4. The zero-order valence-electron chi connectivity index (χ0n) is 9.97. The summed E-state index contributed by atoms with van der Waals surface area (Å²) in [5.41, 5.74) is 7.95. The first-order valence-electron chi connectivity index (χ1n) is 5.74. The summed E-state index contributed by atoms with van der Waals surface area (Å²) in [6.45, 7) is 0. The van der Waals surface area contributed by atoms with Gasteiger partial charge in [-0.1, -0.05) is 17.7 Å². The number of nitrogens with zero attached hydrogens (tertiary/aromatic N) is 1. The number of benzene rings is 2. The van der Waals surface area contributed by atoms with Crippen molar-refractivity contribution in [2.45, 2.75) is 10.6 Å². The fourth-order valence-electron chi connectivity index (χ4n) is 1.75. The Labute approximate surface area is 119 Å². The first-order chi connectivity index (χ1) is 9.22. The lowest BCUT2D eigenvalue weighted by Crippen LogP contribution is -1.85. The van der Waals surface area contributed by atoms with Crippen molar-refractivity contribution in [2.75, 3.05) is 5.73 Å². The van der Waals surface area contributed by atoms with Gasteiger partial charge < -0.3 is 10.2 Å². The lowest BCUT2D eigenvalue weighted by Gasteiger charge is -1.98. The molecule has 2 aromatic carbocycles. The molecule has 1 heterocycles. The van der Waals surface area contributed by atoms with E-state index in [1.165, 1.54) is 0 Å². The molecule has 5 heteroatoms. The fraction of sp³-hybridized carbons (Fsp3) is 0.0714. The Morgan fingerprint density at radius 1 is 1.16 bits per heavy atom. The van der Waals surface area contributed by atoms with Gasteiger partial charge in [0, 0.05) is 9.92 Å². The molecule has 1 aromatic heterocycles. The fourth-order valence-corrected chi connectivity index (χ4v) is 2.62. The molecule has 0 amide bonds. The summed E-state index contributed by atoms with van der Waals surface area (Å²) in [6.07, 6.45) is 0. The van der Waals surface area contributed by atoms with Gasteiger partial charge in [0.1, 0.15) is 5.52 Å². The summed E-state index contributed by atoms with van der Waals surface area (Å²) in [4.78, 5) is 5.53. The van der Waals surface area contributed by atoms with Crippen molar-refractivity contribution in [3.63, 3.8) is 0 Å². The summed E-state index contributed by atoms with van der Waals surface area (Å²) >= 11 is 7.49. The predicted octanol–water partition coefficient (Wildman–Crippen LogP) is 4.36. The van der Waals surface area contributed by atoms with Crippen molar-refractivity contribution < 1.29 is 4.42 Å². The van der Waals surface area contributed by atoms with E-state index >= 15 is 0 Å². The first kappa shape index (κ1) is 12.4. The average Bonchev–Trinajstić information content (AvgIpc) is 2.83. The highest BCUT2D eigenvalue weighted by atomic mass is 35.5. The number of para-hydroxylation sites is 1. The topological polar surface area (TPSA) is 52.0 Å². The largest absolute Gasteiger partial charge is 0.440 e. The molecule has 19 heavy (non-hydrogen) atoms. The van der Waals surface area contributed by atoms with Gasteiger partial charge in [0.15, 0.2) is 5.58 Å². The van der Waals surface area contributed by atoms with Gasteiger partial charge in [-0.3, -0.25) is 0 Å². The Morgan fingerprint density at radius 3 is 2.68 bits per heavy atom. The van der Waals surface area contributed by atoms with Crippen LogP contribution in [0.15, 0.2) is 51.8 Å². The van der Waals surface area contributed by atoms with Crippen LogP contribution in [0.4, 0.5) is 5.69 Å². The zero-order chi connectivity index (χ0) is 13.2. The van der Waals surface area contributed by atoms with Crippen molar-refractivity contribution >= 4 is 40.1 Å². The van der Waals surface area contributed by atoms with Gasteiger partial charge >= 0.3 is 0 Å². The molecule has 0 radical (unpaired) electrons. The Morgan fingerprint density at radius 2 is 1.95 bits per heavy atom. The standard InChI is InChI=1S/C14H11ClN2OS/c15-9-4-6-10(7-5-9)19-8-13-17-14-11(16)2-1-3-12(14)18-13/h1-7H,8,16H2. The highest BCUT2D eigenvalue weighted by Crippen LogP contribution is 2.27. The van der Waals surface area contributed by atoms with E-state index in [1.807, 2.05) is 42.5 Å². The zero-order valence-corrected chi connectivity index (χ0v) is 11.5. The molecule has 0 aliphatic carbocycles. The first-order valence-corrected chi connectivity index (χ1v) is 7.11. The van der Waals surface area contributed by atoms with Crippen LogP contribution in [-0.4, -0.2) is 4.98 Å². The quantitative estimate of drug-likeness (QED) is 0.575. The molecular formula is C14H11ClN2OS. The maximum absolute atomic E-state index is 5.85. The van der Waals surface area contributed by atoms with Crippen LogP contribution in [0.3, 0.4) is 0 Å². The molecule has 2 N–H and O–H groups in total. The molecule has 0 aliphatic rings. The van der Waals surface area contributed by atoms with Crippen molar-refractivity contribution in [1.82, 2.24) is 4.98 Å². The lowest BCUT2D eigenvalue weighted by atomic mass is 10.3. The number of thioether (sulfide) groups is 1. The second kappa shape index (κ2) is 5.15. The highest BCUT2D eigenvalue weighted by molar-refractivity contribution is 7.98. The van der Waals surface area contributed by atoms with E-state index in [4.69, 9.17) is 21.8 Å². The number of aromatic nitrogens is 1. The average molecular weight is 291 g/mol. The molecular weight excluding hydrogens is 280 g/mol. The van der Waals surface area contributed by atoms with Gasteiger partial charge in [0.05, 0.1) is 11.4 Å². The van der Waals surface area contributed by atoms with Crippen molar-refractivity contribution in [2.24, 2.45) is 0 Å². The molecule has 0 bridgehead atoms. The van der Waals surface area contributed by atoms with E-state index in [-0.39, 0.29) is 0 Å². The third-order valence-corrected chi connectivity index (χ3v) is 3.92. The van der Waals surface area contributed by atoms with Crippen LogP contribution in [0.1, 0.15) is 5.89 Å². The molecule has 0 saturated carbocycles. The number of anilines is 1. The number of rotatable bonds is 3. The minimum absolute atomic E-state index is 0.643. The number of fused-ring (bicyclic) bond motifs is 1. The van der Waals surface area contributed by atoms with Gasteiger partial charge in [-0.15, -0.1) is 11.8 Å². The minimum Gasteiger partial charge on any atom is -0.440 e. The molecule has 0 saturated heterocycles. The molecule has 3 aromatic rings. The van der Waals surface area contributed by atoms with E-state index in [9.17, 15) is 0 Å². The van der Waals surface area contributed by atoms with Crippen LogP contribution in [0, 0.1) is 0 Å². The van der Waals surface area contributed by atoms with Crippen LogP contribution < -0.4 is 5.73 Å². The minimum atomic E-state index is 0.643. The van der Waals surface area contributed by atoms with Gasteiger partial charge in [-0.05, 0) is 36.4 Å². The number of nitrogen functional groups attached to an aromatic ring is 1. The molecule has 0 fully saturated rings.